The zero-order chi connectivity index (χ0) is 23.2. The van der Waals surface area contributed by atoms with E-state index in [1.54, 1.807) is 6.20 Å². The quantitative estimate of drug-likeness (QED) is 0.204. The summed E-state index contributed by atoms with van der Waals surface area (Å²) < 4.78 is 2.18. The third-order valence-corrected chi connectivity index (χ3v) is 5.36. The Kier molecular flexibility index (Phi) is 7.94. The van der Waals surface area contributed by atoms with Crippen molar-refractivity contribution < 1.29 is 20.1 Å². The van der Waals surface area contributed by atoms with Crippen LogP contribution in [0, 0.1) is 19.1 Å². The third-order valence-electron chi connectivity index (χ3n) is 5.36. The molecule has 0 aliphatic heterocycles. The predicted octanol–water partition coefficient (Wildman–Crippen LogP) is 6.74. The third kappa shape index (κ3) is 5.43. The standard InChI is InChI=1S/C19H14N3.C11H8N.Ir/c1-14-12-20-13-17-18(14)22(16-10-6-3-7-11-16)19(21-17)15-8-4-2-5-9-15;1-2-6-10(7-3-1)11-8-4-5-9-12-11;/h2-8,10-13H,1H3;1-6,8-9H;/q2*-1;. The monoisotopic (exact) mass is 631 g/mol. The fourth-order valence-electron chi connectivity index (χ4n) is 3.80. The largest absolute Gasteiger partial charge is 0.333 e. The fraction of sp³-hybridized carbons (Fsp3) is 0.0333. The summed E-state index contributed by atoms with van der Waals surface area (Å²) in [6.07, 6.45) is 5.48. The summed E-state index contributed by atoms with van der Waals surface area (Å²) in [4.78, 5) is 13.3. The van der Waals surface area contributed by atoms with Crippen molar-refractivity contribution in [1.29, 1.82) is 0 Å². The zero-order valence-corrected chi connectivity index (χ0v) is 21.5. The number of rotatable bonds is 3. The Morgan fingerprint density at radius 3 is 2.06 bits per heavy atom. The van der Waals surface area contributed by atoms with Gasteiger partial charge in [-0.2, -0.15) is 0 Å². The second kappa shape index (κ2) is 11.5. The molecule has 3 aromatic heterocycles. The molecule has 0 atom stereocenters. The first kappa shape index (κ1) is 24.2. The van der Waals surface area contributed by atoms with E-state index < -0.39 is 0 Å². The number of hydrogen-bond donors (Lipinski definition) is 0. The van der Waals surface area contributed by atoms with Crippen LogP contribution in [0.3, 0.4) is 0 Å². The molecular weight excluding hydrogens is 609 g/mol. The van der Waals surface area contributed by atoms with Gasteiger partial charge in [0.2, 0.25) is 0 Å². The maximum atomic E-state index is 4.79. The van der Waals surface area contributed by atoms with Gasteiger partial charge in [-0.05, 0) is 36.4 Å². The van der Waals surface area contributed by atoms with E-state index in [0.29, 0.717) is 0 Å². The molecule has 6 aromatic rings. The smallest absolute Gasteiger partial charge is 0.0960 e. The van der Waals surface area contributed by atoms with Crippen LogP contribution in [0.4, 0.5) is 0 Å². The first-order chi connectivity index (χ1) is 16.8. The average Bonchev–Trinajstić information content (AvgIpc) is 3.32. The summed E-state index contributed by atoms with van der Waals surface area (Å²) in [5.41, 5.74) is 7.17. The van der Waals surface area contributed by atoms with Crippen molar-refractivity contribution in [3.05, 3.63) is 133 Å². The molecule has 5 heteroatoms. The van der Waals surface area contributed by atoms with Gasteiger partial charge in [0.05, 0.1) is 23.1 Å². The molecule has 0 saturated heterocycles. The summed E-state index contributed by atoms with van der Waals surface area (Å²) in [7, 11) is 0. The predicted molar refractivity (Wildman–Crippen MR) is 136 cm³/mol. The molecule has 173 valence electrons. The van der Waals surface area contributed by atoms with E-state index in [1.807, 2.05) is 97.3 Å². The molecule has 0 fully saturated rings. The van der Waals surface area contributed by atoms with Crippen molar-refractivity contribution >= 4 is 11.0 Å². The van der Waals surface area contributed by atoms with Gasteiger partial charge >= 0.3 is 0 Å². The second-order valence-corrected chi connectivity index (χ2v) is 7.70. The molecule has 0 amide bonds. The van der Waals surface area contributed by atoms with Crippen molar-refractivity contribution in [3.8, 4) is 28.3 Å². The molecule has 1 radical (unpaired) electrons. The van der Waals surface area contributed by atoms with Crippen molar-refractivity contribution in [2.24, 2.45) is 0 Å². The Bertz CT molecular complexity index is 1450. The van der Waals surface area contributed by atoms with Crippen molar-refractivity contribution in [2.45, 2.75) is 6.92 Å². The molecule has 0 spiro atoms. The summed E-state index contributed by atoms with van der Waals surface area (Å²) in [6, 6.07) is 38.3. The van der Waals surface area contributed by atoms with Gasteiger partial charge in [0.15, 0.2) is 0 Å². The van der Waals surface area contributed by atoms with Gasteiger partial charge in [-0.1, -0.05) is 30.3 Å². The van der Waals surface area contributed by atoms with Gasteiger partial charge in [0.25, 0.3) is 0 Å². The van der Waals surface area contributed by atoms with Gasteiger partial charge in [0.1, 0.15) is 0 Å². The van der Waals surface area contributed by atoms with E-state index in [-0.39, 0.29) is 20.1 Å². The molecule has 6 rings (SSSR count). The fourth-order valence-corrected chi connectivity index (χ4v) is 3.80. The normalized spacial score (nSPS) is 10.2. The van der Waals surface area contributed by atoms with Crippen LogP contribution in [0.1, 0.15) is 5.56 Å². The Morgan fingerprint density at radius 1 is 0.714 bits per heavy atom. The molecule has 0 bridgehead atoms. The van der Waals surface area contributed by atoms with Crippen LogP contribution in [-0.2, 0) is 20.1 Å². The molecule has 3 heterocycles. The number of aryl methyl sites for hydroxylation is 1. The number of hydrogen-bond acceptors (Lipinski definition) is 3. The number of fused-ring (bicyclic) bond motifs is 1. The summed E-state index contributed by atoms with van der Waals surface area (Å²) in [5, 5.41) is 0. The Labute approximate surface area is 218 Å². The second-order valence-electron chi connectivity index (χ2n) is 7.70. The van der Waals surface area contributed by atoms with E-state index in [0.717, 1.165) is 44.9 Å². The minimum absolute atomic E-state index is 0. The number of pyridine rings is 2. The number of aromatic nitrogens is 4. The van der Waals surface area contributed by atoms with Crippen LogP contribution in [-0.4, -0.2) is 19.5 Å². The maximum Gasteiger partial charge on any atom is 0.0960 e. The van der Waals surface area contributed by atoms with Crippen LogP contribution >= 0.6 is 0 Å². The first-order valence-electron chi connectivity index (χ1n) is 11.0. The summed E-state index contributed by atoms with van der Waals surface area (Å²) in [5.74, 6) is 0.887. The SMILES string of the molecule is Cc1cncc2nc(-c3[c-]cccc3)n(-c3ccccc3)c12.[Ir].[c-]1ccccc1-c1ccccn1. The van der Waals surface area contributed by atoms with E-state index in [4.69, 9.17) is 4.98 Å². The van der Waals surface area contributed by atoms with Crippen LogP contribution in [0.15, 0.2) is 116 Å². The topological polar surface area (TPSA) is 43.6 Å². The number of imidazole rings is 1. The van der Waals surface area contributed by atoms with Crippen LogP contribution < -0.4 is 0 Å². The Morgan fingerprint density at radius 2 is 1.40 bits per heavy atom. The summed E-state index contributed by atoms with van der Waals surface area (Å²) >= 11 is 0. The van der Waals surface area contributed by atoms with Gasteiger partial charge in [-0.25, -0.2) is 0 Å². The summed E-state index contributed by atoms with van der Waals surface area (Å²) in [6.45, 7) is 2.06. The van der Waals surface area contributed by atoms with Gasteiger partial charge in [0, 0.05) is 38.2 Å². The molecule has 0 aliphatic rings. The van der Waals surface area contributed by atoms with Crippen LogP contribution in [0.25, 0.3) is 39.4 Å². The molecule has 0 N–H and O–H groups in total. The van der Waals surface area contributed by atoms with E-state index in [1.165, 1.54) is 0 Å². The van der Waals surface area contributed by atoms with Crippen LogP contribution in [0.2, 0.25) is 0 Å². The molecule has 0 unspecified atom stereocenters. The van der Waals surface area contributed by atoms with E-state index >= 15 is 0 Å². The average molecular weight is 631 g/mol. The Balaban J connectivity index is 0.000000189. The molecule has 3 aromatic carbocycles. The molecular formula is C30H22IrN4-2. The Hall–Kier alpha value is -3.92. The number of para-hydroxylation sites is 1. The van der Waals surface area contributed by atoms with Crippen LogP contribution in [0.5, 0.6) is 0 Å². The van der Waals surface area contributed by atoms with E-state index in [9.17, 15) is 0 Å². The van der Waals surface area contributed by atoms with Gasteiger partial charge in [-0.15, -0.1) is 71.8 Å². The van der Waals surface area contributed by atoms with Gasteiger partial charge < -0.3 is 9.55 Å². The maximum absolute atomic E-state index is 4.79. The molecule has 35 heavy (non-hydrogen) atoms. The number of nitrogens with zero attached hydrogens (tertiary/aromatic N) is 4. The zero-order valence-electron chi connectivity index (χ0n) is 19.1. The molecule has 4 nitrogen and oxygen atoms in total. The minimum atomic E-state index is 0. The van der Waals surface area contributed by atoms with Crippen molar-refractivity contribution in [1.82, 2.24) is 19.5 Å². The van der Waals surface area contributed by atoms with Gasteiger partial charge in [-0.3, -0.25) is 9.97 Å². The van der Waals surface area contributed by atoms with Crippen molar-refractivity contribution in [3.63, 3.8) is 0 Å². The van der Waals surface area contributed by atoms with Crippen molar-refractivity contribution in [2.75, 3.05) is 0 Å². The number of benzene rings is 3. The van der Waals surface area contributed by atoms with E-state index in [2.05, 4.69) is 45.7 Å². The molecule has 0 aliphatic carbocycles. The first-order valence-corrected chi connectivity index (χ1v) is 11.0. The minimum Gasteiger partial charge on any atom is -0.333 e. The molecule has 0 saturated carbocycles.